The van der Waals surface area contributed by atoms with Crippen molar-refractivity contribution < 1.29 is 24.2 Å². The Labute approximate surface area is 102 Å². The second kappa shape index (κ2) is 4.40. The summed E-state index contributed by atoms with van der Waals surface area (Å²) in [6, 6.07) is 0. The normalized spacial score (nSPS) is 27.4. The van der Waals surface area contributed by atoms with Crippen LogP contribution >= 0.6 is 11.8 Å². The average molecular weight is 257 g/mol. The van der Waals surface area contributed by atoms with Crippen LogP contribution in [0.5, 0.6) is 0 Å². The Kier molecular flexibility index (Phi) is 3.10. The molecule has 2 atom stereocenters. The largest absolute Gasteiger partial charge is 0.477 e. The van der Waals surface area contributed by atoms with E-state index < -0.39 is 5.97 Å². The maximum Gasteiger partial charge on any atom is 0.352 e. The quantitative estimate of drug-likeness (QED) is 0.566. The lowest BCUT2D eigenvalue weighted by Gasteiger charge is -2.48. The fraction of sp³-hybridized carbons (Fsp3) is 0.500. The molecule has 2 aliphatic rings. The number of carbonyl (C=O) groups excluding carboxylic acids is 2. The van der Waals surface area contributed by atoms with Gasteiger partial charge in [-0.2, -0.15) is 0 Å². The highest BCUT2D eigenvalue weighted by molar-refractivity contribution is 8.00. The smallest absolute Gasteiger partial charge is 0.352 e. The number of aliphatic carboxylic acids is 1. The van der Waals surface area contributed by atoms with Crippen LogP contribution in [0.4, 0.5) is 0 Å². The van der Waals surface area contributed by atoms with Crippen LogP contribution in [-0.4, -0.2) is 46.1 Å². The van der Waals surface area contributed by atoms with E-state index in [-0.39, 0.29) is 36.0 Å². The van der Waals surface area contributed by atoms with E-state index in [0.717, 1.165) is 0 Å². The van der Waals surface area contributed by atoms with E-state index in [9.17, 15) is 14.4 Å². The molecular formula is C10H11NO5S. The van der Waals surface area contributed by atoms with Crippen LogP contribution in [0.3, 0.4) is 0 Å². The lowest BCUT2D eigenvalue weighted by molar-refractivity contribution is -0.151. The molecule has 7 heteroatoms. The number of β-lactam (4-membered cyclic amide) rings is 1. The van der Waals surface area contributed by atoms with Gasteiger partial charge in [0.1, 0.15) is 12.3 Å². The predicted molar refractivity (Wildman–Crippen MR) is 58.9 cm³/mol. The third-order valence-corrected chi connectivity index (χ3v) is 4.32. The van der Waals surface area contributed by atoms with E-state index in [1.165, 1.54) is 16.7 Å². The first kappa shape index (κ1) is 12.0. The van der Waals surface area contributed by atoms with Gasteiger partial charge in [-0.05, 0) is 0 Å². The molecule has 6 nitrogen and oxygen atoms in total. The van der Waals surface area contributed by atoms with Gasteiger partial charge in [-0.1, -0.05) is 6.92 Å². The number of ether oxygens (including phenoxy) is 1. The van der Waals surface area contributed by atoms with Crippen LogP contribution < -0.4 is 0 Å². The average Bonchev–Trinajstić information content (AvgIpc) is 2.33. The van der Waals surface area contributed by atoms with E-state index in [1.54, 1.807) is 6.92 Å². The standard InChI is InChI=1S/C10H11NO5S/c1-5-8(13)11-7(10(14)15)6(2-16-4-12)3-17-9(5)11/h4-5,9H,2-3H2,1H3,(H,14,15)/t5-,9-/m1/s1. The molecular weight excluding hydrogens is 246 g/mol. The number of hydrogen-bond acceptors (Lipinski definition) is 5. The van der Waals surface area contributed by atoms with Crippen LogP contribution in [-0.2, 0) is 19.1 Å². The Hall–Kier alpha value is -1.50. The van der Waals surface area contributed by atoms with Crippen molar-refractivity contribution in [2.75, 3.05) is 12.4 Å². The second-order valence-electron chi connectivity index (χ2n) is 3.86. The van der Waals surface area contributed by atoms with Crippen molar-refractivity contribution >= 4 is 30.1 Å². The molecule has 1 fully saturated rings. The van der Waals surface area contributed by atoms with E-state index >= 15 is 0 Å². The number of carbonyl (C=O) groups is 3. The maximum absolute atomic E-state index is 11.6. The van der Waals surface area contributed by atoms with Gasteiger partial charge in [0.2, 0.25) is 5.91 Å². The van der Waals surface area contributed by atoms with Crippen LogP contribution in [0, 0.1) is 5.92 Å². The molecule has 0 radical (unpaired) electrons. The summed E-state index contributed by atoms with van der Waals surface area (Å²) in [6.45, 7) is 1.97. The van der Waals surface area contributed by atoms with E-state index in [4.69, 9.17) is 5.11 Å². The molecule has 1 N–H and O–H groups in total. The number of rotatable bonds is 4. The number of carboxylic acids is 1. The van der Waals surface area contributed by atoms with Crippen molar-refractivity contribution in [2.24, 2.45) is 5.92 Å². The SMILES string of the molecule is C[C@@H]1C(=O)N2C(C(=O)O)=C(COC=O)CS[C@H]12. The highest BCUT2D eigenvalue weighted by Crippen LogP contribution is 2.43. The van der Waals surface area contributed by atoms with E-state index in [1.807, 2.05) is 0 Å². The Morgan fingerprint density at radius 2 is 2.41 bits per heavy atom. The Bertz CT molecular complexity index is 419. The summed E-state index contributed by atoms with van der Waals surface area (Å²) >= 11 is 1.49. The monoisotopic (exact) mass is 257 g/mol. The summed E-state index contributed by atoms with van der Waals surface area (Å²) in [4.78, 5) is 34.2. The number of nitrogens with zero attached hydrogens (tertiary/aromatic N) is 1. The molecule has 17 heavy (non-hydrogen) atoms. The zero-order chi connectivity index (χ0) is 12.6. The zero-order valence-corrected chi connectivity index (χ0v) is 9.90. The first-order chi connectivity index (χ1) is 8.07. The Morgan fingerprint density at radius 3 is 3.00 bits per heavy atom. The van der Waals surface area contributed by atoms with Gasteiger partial charge in [0.25, 0.3) is 6.47 Å². The van der Waals surface area contributed by atoms with Crippen LogP contribution in [0.25, 0.3) is 0 Å². The number of carboxylic acid groups (broad SMARTS) is 1. The molecule has 0 unspecified atom stereocenters. The van der Waals surface area contributed by atoms with Crippen molar-refractivity contribution in [3.8, 4) is 0 Å². The molecule has 1 saturated heterocycles. The van der Waals surface area contributed by atoms with Gasteiger partial charge < -0.3 is 9.84 Å². The fourth-order valence-corrected chi connectivity index (χ4v) is 3.34. The Morgan fingerprint density at radius 1 is 1.71 bits per heavy atom. The fourth-order valence-electron chi connectivity index (χ4n) is 1.99. The third kappa shape index (κ3) is 1.80. The molecule has 0 aromatic rings. The molecule has 0 saturated carbocycles. The highest BCUT2D eigenvalue weighted by atomic mass is 32.2. The van der Waals surface area contributed by atoms with Gasteiger partial charge >= 0.3 is 5.97 Å². The summed E-state index contributed by atoms with van der Waals surface area (Å²) in [5, 5.41) is 9.03. The Balaban J connectivity index is 2.29. The minimum Gasteiger partial charge on any atom is -0.477 e. The van der Waals surface area contributed by atoms with Crippen molar-refractivity contribution in [2.45, 2.75) is 12.3 Å². The lowest BCUT2D eigenvalue weighted by atomic mass is 9.98. The van der Waals surface area contributed by atoms with Gasteiger partial charge in [-0.3, -0.25) is 14.5 Å². The number of fused-ring (bicyclic) bond motifs is 1. The van der Waals surface area contributed by atoms with Crippen LogP contribution in [0.15, 0.2) is 11.3 Å². The highest BCUT2D eigenvalue weighted by Gasteiger charge is 2.51. The van der Waals surface area contributed by atoms with Gasteiger partial charge in [0.05, 0.1) is 11.3 Å². The zero-order valence-electron chi connectivity index (χ0n) is 9.08. The number of hydrogen-bond donors (Lipinski definition) is 1. The molecule has 2 heterocycles. The molecule has 2 aliphatic heterocycles. The topological polar surface area (TPSA) is 83.9 Å². The summed E-state index contributed by atoms with van der Waals surface area (Å²) in [5.74, 6) is -1.03. The minimum atomic E-state index is -1.15. The molecule has 0 bridgehead atoms. The molecule has 0 aromatic carbocycles. The van der Waals surface area contributed by atoms with Gasteiger partial charge in [-0.15, -0.1) is 11.8 Å². The summed E-state index contributed by atoms with van der Waals surface area (Å²) in [6.07, 6.45) is 0. The van der Waals surface area contributed by atoms with Gasteiger partial charge in [-0.25, -0.2) is 4.79 Å². The van der Waals surface area contributed by atoms with Crippen molar-refractivity contribution in [1.82, 2.24) is 4.90 Å². The number of thioether (sulfide) groups is 1. The molecule has 0 spiro atoms. The first-order valence-corrected chi connectivity index (χ1v) is 6.08. The van der Waals surface area contributed by atoms with Crippen molar-refractivity contribution in [3.05, 3.63) is 11.3 Å². The summed E-state index contributed by atoms with van der Waals surface area (Å²) in [7, 11) is 0. The first-order valence-electron chi connectivity index (χ1n) is 5.03. The third-order valence-electron chi connectivity index (χ3n) is 2.84. The summed E-state index contributed by atoms with van der Waals surface area (Å²) in [5.41, 5.74) is 0.435. The van der Waals surface area contributed by atoms with Crippen molar-refractivity contribution in [3.63, 3.8) is 0 Å². The molecule has 1 amide bonds. The number of amides is 1. The van der Waals surface area contributed by atoms with Gasteiger partial charge in [0.15, 0.2) is 0 Å². The minimum absolute atomic E-state index is 0.0290. The van der Waals surface area contributed by atoms with Crippen molar-refractivity contribution in [1.29, 1.82) is 0 Å². The molecule has 2 rings (SSSR count). The molecule has 0 aromatic heterocycles. The predicted octanol–water partition coefficient (Wildman–Crippen LogP) is 0.0493. The van der Waals surface area contributed by atoms with Gasteiger partial charge in [0, 0.05) is 11.3 Å². The van der Waals surface area contributed by atoms with E-state index in [0.29, 0.717) is 11.3 Å². The molecule has 0 aliphatic carbocycles. The second-order valence-corrected chi connectivity index (χ2v) is 4.97. The van der Waals surface area contributed by atoms with Crippen LogP contribution in [0.2, 0.25) is 0 Å². The summed E-state index contributed by atoms with van der Waals surface area (Å²) < 4.78 is 4.57. The maximum atomic E-state index is 11.6. The lowest BCUT2D eigenvalue weighted by Crippen LogP contribution is -2.60. The molecule has 92 valence electrons. The van der Waals surface area contributed by atoms with E-state index in [2.05, 4.69) is 4.74 Å². The van der Waals surface area contributed by atoms with Crippen LogP contribution in [0.1, 0.15) is 6.92 Å².